The summed E-state index contributed by atoms with van der Waals surface area (Å²) in [5.41, 5.74) is 0.409. The maximum atomic E-state index is 12.4. The number of sulfonamides is 1. The first kappa shape index (κ1) is 17.2. The van der Waals surface area contributed by atoms with Crippen LogP contribution in [0.5, 0.6) is 0 Å². The Labute approximate surface area is 134 Å². The summed E-state index contributed by atoms with van der Waals surface area (Å²) in [4.78, 5) is 14.7. The van der Waals surface area contributed by atoms with Crippen LogP contribution >= 0.6 is 0 Å². The van der Waals surface area contributed by atoms with Crippen molar-refractivity contribution >= 4 is 16.0 Å². The van der Waals surface area contributed by atoms with E-state index in [1.807, 2.05) is 19.9 Å². The Morgan fingerprint density at radius 1 is 1.43 bits per heavy atom. The van der Waals surface area contributed by atoms with Crippen LogP contribution in [0.3, 0.4) is 0 Å². The molecule has 0 fully saturated rings. The summed E-state index contributed by atoms with van der Waals surface area (Å²) in [5, 5.41) is 8.88. The Hall–Kier alpha value is -2.19. The van der Waals surface area contributed by atoms with Gasteiger partial charge in [0.1, 0.15) is 10.7 Å². The minimum Gasteiger partial charge on any atom is -0.475 e. The molecule has 0 aliphatic heterocycles. The molecule has 0 aliphatic rings. The van der Waals surface area contributed by atoms with Gasteiger partial charge in [-0.3, -0.25) is 4.98 Å². The molecule has 0 spiro atoms. The molecule has 8 heteroatoms. The number of carboxylic acids is 1. The van der Waals surface area contributed by atoms with E-state index in [4.69, 9.17) is 9.52 Å². The summed E-state index contributed by atoms with van der Waals surface area (Å²) >= 11 is 0. The molecular weight excluding hydrogens is 320 g/mol. The summed E-state index contributed by atoms with van der Waals surface area (Å²) in [6.07, 6.45) is 3.33. The highest BCUT2D eigenvalue weighted by Gasteiger charge is 2.27. The van der Waals surface area contributed by atoms with E-state index in [0.717, 1.165) is 11.6 Å². The molecule has 0 bridgehead atoms. The summed E-state index contributed by atoms with van der Waals surface area (Å²) in [6, 6.07) is 4.66. The van der Waals surface area contributed by atoms with E-state index in [9.17, 15) is 13.2 Å². The second kappa shape index (κ2) is 6.13. The first-order valence-electron chi connectivity index (χ1n) is 6.87. The molecule has 0 radical (unpaired) electrons. The number of hydrogen-bond donors (Lipinski definition) is 2. The van der Waals surface area contributed by atoms with Crippen molar-refractivity contribution in [1.82, 2.24) is 9.71 Å². The monoisotopic (exact) mass is 338 g/mol. The van der Waals surface area contributed by atoms with E-state index in [1.165, 1.54) is 6.92 Å². The summed E-state index contributed by atoms with van der Waals surface area (Å²) in [5.74, 6) is -1.69. The van der Waals surface area contributed by atoms with Crippen molar-refractivity contribution in [2.45, 2.75) is 31.1 Å². The van der Waals surface area contributed by atoms with Crippen LogP contribution in [0.1, 0.15) is 35.7 Å². The number of aromatic nitrogens is 1. The molecule has 0 aromatic carbocycles. The molecule has 2 aromatic rings. The normalized spacial score (nSPS) is 12.3. The summed E-state index contributed by atoms with van der Waals surface area (Å²) in [7, 11) is -3.87. The summed E-state index contributed by atoms with van der Waals surface area (Å²) < 4.78 is 32.2. The van der Waals surface area contributed by atoms with Crippen LogP contribution in [0.2, 0.25) is 0 Å². The second-order valence-corrected chi connectivity index (χ2v) is 7.52. The first-order chi connectivity index (χ1) is 10.6. The molecule has 23 heavy (non-hydrogen) atoms. The fraction of sp³-hybridized carbons (Fsp3) is 0.333. The van der Waals surface area contributed by atoms with Crippen LogP contribution in [-0.4, -0.2) is 31.0 Å². The van der Waals surface area contributed by atoms with E-state index < -0.39 is 27.2 Å². The first-order valence-corrected chi connectivity index (χ1v) is 8.36. The van der Waals surface area contributed by atoms with Crippen LogP contribution < -0.4 is 4.72 Å². The van der Waals surface area contributed by atoms with Gasteiger partial charge in [-0.15, -0.1) is 0 Å². The number of nitrogens with zero attached hydrogens (tertiary/aromatic N) is 1. The van der Waals surface area contributed by atoms with Gasteiger partial charge in [-0.1, -0.05) is 19.9 Å². The number of furan rings is 1. The molecule has 0 saturated heterocycles. The van der Waals surface area contributed by atoms with Crippen molar-refractivity contribution in [2.24, 2.45) is 0 Å². The SMILES string of the molecule is Cc1oc(C(=O)O)cc1S(=O)(=O)NCC(C)(C)c1cccnc1. The van der Waals surface area contributed by atoms with Gasteiger partial charge >= 0.3 is 5.97 Å². The minimum absolute atomic E-state index is 0.0362. The van der Waals surface area contributed by atoms with Crippen molar-refractivity contribution < 1.29 is 22.7 Å². The molecule has 2 aromatic heterocycles. The maximum absolute atomic E-state index is 12.4. The van der Waals surface area contributed by atoms with E-state index in [-0.39, 0.29) is 17.2 Å². The lowest BCUT2D eigenvalue weighted by Gasteiger charge is -2.25. The zero-order valence-corrected chi connectivity index (χ0v) is 13.8. The van der Waals surface area contributed by atoms with Crippen molar-refractivity contribution in [1.29, 1.82) is 0 Å². The van der Waals surface area contributed by atoms with Crippen LogP contribution in [0.25, 0.3) is 0 Å². The quantitative estimate of drug-likeness (QED) is 0.833. The number of pyridine rings is 1. The zero-order chi connectivity index (χ0) is 17.3. The molecule has 0 aliphatic carbocycles. The highest BCUT2D eigenvalue weighted by atomic mass is 32.2. The lowest BCUT2D eigenvalue weighted by Crippen LogP contribution is -2.36. The topological polar surface area (TPSA) is 109 Å². The molecule has 2 N–H and O–H groups in total. The minimum atomic E-state index is -3.87. The lowest BCUT2D eigenvalue weighted by atomic mass is 9.86. The lowest BCUT2D eigenvalue weighted by molar-refractivity contribution is 0.0661. The van der Waals surface area contributed by atoms with Crippen LogP contribution in [0.4, 0.5) is 0 Å². The fourth-order valence-corrected chi connectivity index (χ4v) is 3.44. The van der Waals surface area contributed by atoms with Crippen molar-refractivity contribution in [3.05, 3.63) is 47.7 Å². The van der Waals surface area contributed by atoms with Crippen molar-refractivity contribution in [3.8, 4) is 0 Å². The largest absolute Gasteiger partial charge is 0.475 e. The number of rotatable bonds is 6. The number of carboxylic acid groups (broad SMARTS) is 1. The van der Waals surface area contributed by atoms with Gasteiger partial charge in [0.15, 0.2) is 0 Å². The number of aryl methyl sites for hydroxylation is 1. The Morgan fingerprint density at radius 2 is 2.13 bits per heavy atom. The smallest absolute Gasteiger partial charge is 0.371 e. The zero-order valence-electron chi connectivity index (χ0n) is 13.0. The number of hydrogen-bond acceptors (Lipinski definition) is 5. The van der Waals surface area contributed by atoms with Gasteiger partial charge in [-0.25, -0.2) is 17.9 Å². The Balaban J connectivity index is 2.21. The summed E-state index contributed by atoms with van der Waals surface area (Å²) in [6.45, 7) is 5.32. The van der Waals surface area contributed by atoms with Gasteiger partial charge in [0.25, 0.3) is 0 Å². The molecular formula is C15H18N2O5S. The van der Waals surface area contributed by atoms with Crippen LogP contribution in [0.15, 0.2) is 39.9 Å². The van der Waals surface area contributed by atoms with Gasteiger partial charge in [-0.2, -0.15) is 0 Å². The van der Waals surface area contributed by atoms with Crippen molar-refractivity contribution in [2.75, 3.05) is 6.54 Å². The standard InChI is InChI=1S/C15H18N2O5S/c1-10-13(7-12(22-10)14(18)19)23(20,21)17-9-15(2,3)11-5-4-6-16-8-11/h4-8,17H,9H2,1-3H3,(H,18,19). The Kier molecular flexibility index (Phi) is 4.58. The number of carbonyl (C=O) groups is 1. The third-order valence-electron chi connectivity index (χ3n) is 3.52. The predicted octanol–water partition coefficient (Wildman–Crippen LogP) is 1.94. The Bertz CT molecular complexity index is 810. The molecule has 124 valence electrons. The van der Waals surface area contributed by atoms with Gasteiger partial charge < -0.3 is 9.52 Å². The van der Waals surface area contributed by atoms with E-state index in [0.29, 0.717) is 0 Å². The third-order valence-corrected chi connectivity index (χ3v) is 5.03. The molecule has 7 nitrogen and oxygen atoms in total. The number of nitrogens with one attached hydrogen (secondary N) is 1. The van der Waals surface area contributed by atoms with Crippen LogP contribution in [-0.2, 0) is 15.4 Å². The molecule has 0 amide bonds. The molecule has 0 saturated carbocycles. The average Bonchev–Trinajstić information content (AvgIpc) is 2.90. The second-order valence-electron chi connectivity index (χ2n) is 5.79. The van der Waals surface area contributed by atoms with Gasteiger partial charge in [0.05, 0.1) is 0 Å². The van der Waals surface area contributed by atoms with Crippen molar-refractivity contribution in [3.63, 3.8) is 0 Å². The van der Waals surface area contributed by atoms with E-state index in [1.54, 1.807) is 18.5 Å². The van der Waals surface area contributed by atoms with Gasteiger partial charge in [-0.05, 0) is 18.6 Å². The maximum Gasteiger partial charge on any atom is 0.371 e. The molecule has 2 rings (SSSR count). The Morgan fingerprint density at radius 3 is 2.65 bits per heavy atom. The fourth-order valence-electron chi connectivity index (χ4n) is 2.06. The van der Waals surface area contributed by atoms with Crippen LogP contribution in [0, 0.1) is 6.92 Å². The third kappa shape index (κ3) is 3.77. The van der Waals surface area contributed by atoms with E-state index in [2.05, 4.69) is 9.71 Å². The average molecular weight is 338 g/mol. The van der Waals surface area contributed by atoms with Gasteiger partial charge in [0.2, 0.25) is 15.8 Å². The number of aromatic carboxylic acids is 1. The molecule has 0 unspecified atom stereocenters. The van der Waals surface area contributed by atoms with Gasteiger partial charge in [0, 0.05) is 30.4 Å². The van der Waals surface area contributed by atoms with E-state index >= 15 is 0 Å². The predicted molar refractivity (Wildman–Crippen MR) is 82.9 cm³/mol. The molecule has 2 heterocycles. The highest BCUT2D eigenvalue weighted by molar-refractivity contribution is 7.89. The highest BCUT2D eigenvalue weighted by Crippen LogP contribution is 2.24. The molecule has 0 atom stereocenters.